The standard InChI is InChI=1S/C16H22Cl3NO/c1-15(2)12-5-4-10(6-7-20-14(18)19)8-16(12,3)9-11(21)13(15)17/h6-8,11-13,21H,4-5,9H2,1-3H3/b7-6-/t11-,12-,13-,16-/m0/s1. The molecule has 2 aliphatic carbocycles. The monoisotopic (exact) mass is 349 g/mol. The lowest BCUT2D eigenvalue weighted by molar-refractivity contribution is -0.0477. The molecule has 0 aliphatic heterocycles. The SMILES string of the molecule is CC1(C)[C@@H](Cl)[C@@H](O)C[C@]2(C)C=C(/C=C\N=C(Cl)Cl)CC[C@@H]12. The van der Waals surface area contributed by atoms with Gasteiger partial charge in [0.05, 0.1) is 11.5 Å². The van der Waals surface area contributed by atoms with E-state index in [0.29, 0.717) is 12.3 Å². The molecule has 2 aliphatic rings. The number of aliphatic imine (C=N–C) groups is 1. The normalized spacial score (nSPS) is 38.8. The van der Waals surface area contributed by atoms with Gasteiger partial charge in [-0.3, -0.25) is 0 Å². The van der Waals surface area contributed by atoms with Crippen molar-refractivity contribution in [2.75, 3.05) is 0 Å². The van der Waals surface area contributed by atoms with Gasteiger partial charge in [-0.2, -0.15) is 0 Å². The van der Waals surface area contributed by atoms with Crippen LogP contribution in [0.5, 0.6) is 0 Å². The largest absolute Gasteiger partial charge is 0.392 e. The van der Waals surface area contributed by atoms with E-state index in [1.165, 1.54) is 5.57 Å². The summed E-state index contributed by atoms with van der Waals surface area (Å²) in [5, 5.41) is 10.1. The molecule has 2 nitrogen and oxygen atoms in total. The molecule has 0 saturated heterocycles. The average molecular weight is 351 g/mol. The van der Waals surface area contributed by atoms with Crippen molar-refractivity contribution in [1.82, 2.24) is 0 Å². The Morgan fingerprint density at radius 3 is 2.67 bits per heavy atom. The first kappa shape index (κ1) is 17.3. The fourth-order valence-corrected chi connectivity index (χ4v) is 4.58. The van der Waals surface area contributed by atoms with E-state index < -0.39 is 6.10 Å². The van der Waals surface area contributed by atoms with Crippen LogP contribution in [0.1, 0.15) is 40.0 Å². The van der Waals surface area contributed by atoms with E-state index in [0.717, 1.165) is 12.8 Å². The molecule has 0 unspecified atom stereocenters. The summed E-state index contributed by atoms with van der Waals surface area (Å²) in [6.07, 6.45) is 8.11. The second-order valence-corrected chi connectivity index (χ2v) is 8.38. The molecule has 5 heteroatoms. The van der Waals surface area contributed by atoms with Crippen molar-refractivity contribution in [3.05, 3.63) is 23.9 Å². The Hall–Kier alpha value is -0.0200. The van der Waals surface area contributed by atoms with E-state index >= 15 is 0 Å². The molecule has 0 radical (unpaired) electrons. The predicted octanol–water partition coefficient (Wildman–Crippen LogP) is 5.07. The van der Waals surface area contributed by atoms with Gasteiger partial charge in [0.2, 0.25) is 0 Å². The van der Waals surface area contributed by atoms with Crippen molar-refractivity contribution < 1.29 is 5.11 Å². The topological polar surface area (TPSA) is 32.6 Å². The third kappa shape index (κ3) is 3.50. The number of hydrogen-bond donors (Lipinski definition) is 1. The third-order valence-electron chi connectivity index (χ3n) is 5.09. The lowest BCUT2D eigenvalue weighted by atomic mass is 9.52. The Balaban J connectivity index is 2.28. The summed E-state index contributed by atoms with van der Waals surface area (Å²) < 4.78 is 0.00551. The van der Waals surface area contributed by atoms with Gasteiger partial charge in [-0.15, -0.1) is 11.6 Å². The molecule has 2 rings (SSSR count). The number of nitrogens with zero attached hydrogens (tertiary/aromatic N) is 1. The van der Waals surface area contributed by atoms with Crippen molar-refractivity contribution in [3.8, 4) is 0 Å². The summed E-state index contributed by atoms with van der Waals surface area (Å²) in [4.78, 5) is 3.86. The van der Waals surface area contributed by atoms with E-state index in [2.05, 4.69) is 31.8 Å². The molecule has 21 heavy (non-hydrogen) atoms. The number of fused-ring (bicyclic) bond motifs is 1. The molecular formula is C16H22Cl3NO. The maximum atomic E-state index is 10.3. The lowest BCUT2D eigenvalue weighted by Gasteiger charge is -2.55. The Bertz CT molecular complexity index is 494. The van der Waals surface area contributed by atoms with Crippen LogP contribution in [0.15, 0.2) is 28.9 Å². The number of halogens is 3. The molecule has 1 saturated carbocycles. The van der Waals surface area contributed by atoms with E-state index in [9.17, 15) is 5.11 Å². The summed E-state index contributed by atoms with van der Waals surface area (Å²) in [6, 6.07) is 0. The highest BCUT2D eigenvalue weighted by molar-refractivity contribution is 6.95. The van der Waals surface area contributed by atoms with Crippen LogP contribution in [0, 0.1) is 16.7 Å². The average Bonchev–Trinajstić information content (AvgIpc) is 2.35. The van der Waals surface area contributed by atoms with Crippen LogP contribution in [0.25, 0.3) is 0 Å². The van der Waals surface area contributed by atoms with Gasteiger partial charge >= 0.3 is 0 Å². The molecule has 118 valence electrons. The molecule has 0 aromatic carbocycles. The van der Waals surface area contributed by atoms with Gasteiger partial charge in [0, 0.05) is 6.20 Å². The highest BCUT2D eigenvalue weighted by Crippen LogP contribution is 2.57. The molecule has 0 heterocycles. The van der Waals surface area contributed by atoms with Crippen molar-refractivity contribution in [1.29, 1.82) is 0 Å². The molecular weight excluding hydrogens is 329 g/mol. The van der Waals surface area contributed by atoms with Crippen LogP contribution in [0.3, 0.4) is 0 Å². The first-order chi connectivity index (χ1) is 9.67. The number of aliphatic hydroxyl groups is 1. The van der Waals surface area contributed by atoms with Crippen LogP contribution in [0.4, 0.5) is 0 Å². The molecule has 0 aromatic heterocycles. The predicted molar refractivity (Wildman–Crippen MR) is 91.2 cm³/mol. The highest BCUT2D eigenvalue weighted by Gasteiger charge is 2.54. The lowest BCUT2D eigenvalue weighted by Crippen LogP contribution is -2.54. The number of alkyl halides is 1. The summed E-state index contributed by atoms with van der Waals surface area (Å²) in [7, 11) is 0. The number of hydrogen-bond acceptors (Lipinski definition) is 2. The number of aliphatic hydroxyl groups excluding tert-OH is 1. The molecule has 0 bridgehead atoms. The smallest absolute Gasteiger partial charge is 0.196 e. The van der Waals surface area contributed by atoms with Crippen LogP contribution >= 0.6 is 34.8 Å². The Morgan fingerprint density at radius 1 is 1.38 bits per heavy atom. The van der Waals surface area contributed by atoms with Crippen LogP contribution < -0.4 is 0 Å². The van der Waals surface area contributed by atoms with Crippen molar-refractivity contribution in [3.63, 3.8) is 0 Å². The van der Waals surface area contributed by atoms with Crippen LogP contribution in [0.2, 0.25) is 0 Å². The molecule has 1 fully saturated rings. The molecule has 0 spiro atoms. The summed E-state index contributed by atoms with van der Waals surface area (Å²) in [6.45, 7) is 6.56. The number of allylic oxidation sites excluding steroid dienone is 3. The van der Waals surface area contributed by atoms with E-state index in [1.807, 2.05) is 6.08 Å². The zero-order valence-electron chi connectivity index (χ0n) is 12.6. The maximum absolute atomic E-state index is 10.3. The van der Waals surface area contributed by atoms with Crippen molar-refractivity contribution in [2.45, 2.75) is 51.5 Å². The van der Waals surface area contributed by atoms with Crippen molar-refractivity contribution >= 4 is 39.4 Å². The van der Waals surface area contributed by atoms with Gasteiger partial charge in [-0.1, -0.05) is 26.8 Å². The number of rotatable bonds is 2. The van der Waals surface area contributed by atoms with E-state index in [-0.39, 0.29) is 20.8 Å². The highest BCUT2D eigenvalue weighted by atomic mass is 35.5. The van der Waals surface area contributed by atoms with E-state index in [4.69, 9.17) is 34.8 Å². The van der Waals surface area contributed by atoms with Gasteiger partial charge in [0.15, 0.2) is 4.63 Å². The fourth-order valence-electron chi connectivity index (χ4n) is 4.22. The molecule has 0 aromatic rings. The second kappa shape index (κ2) is 6.23. The Morgan fingerprint density at radius 2 is 2.05 bits per heavy atom. The third-order valence-corrected chi connectivity index (χ3v) is 6.14. The first-order valence-electron chi connectivity index (χ1n) is 7.26. The fraction of sp³-hybridized carbons (Fsp3) is 0.688. The first-order valence-corrected chi connectivity index (χ1v) is 8.45. The summed E-state index contributed by atoms with van der Waals surface area (Å²) in [5.74, 6) is 0.466. The second-order valence-electron chi connectivity index (χ2n) is 7.00. The Kier molecular flexibility index (Phi) is 5.15. The van der Waals surface area contributed by atoms with E-state index in [1.54, 1.807) is 6.20 Å². The van der Waals surface area contributed by atoms with Gasteiger partial charge < -0.3 is 5.11 Å². The van der Waals surface area contributed by atoms with Crippen LogP contribution in [-0.4, -0.2) is 21.2 Å². The van der Waals surface area contributed by atoms with Gasteiger partial charge in [-0.05, 0) is 70.9 Å². The quantitative estimate of drug-likeness (QED) is 0.547. The summed E-state index contributed by atoms with van der Waals surface area (Å²) in [5.41, 5.74) is 1.08. The minimum atomic E-state index is -0.474. The van der Waals surface area contributed by atoms with Crippen molar-refractivity contribution in [2.24, 2.45) is 21.7 Å². The zero-order valence-corrected chi connectivity index (χ0v) is 14.9. The molecule has 1 N–H and O–H groups in total. The van der Waals surface area contributed by atoms with Gasteiger partial charge in [-0.25, -0.2) is 4.99 Å². The molecule has 0 amide bonds. The minimum absolute atomic E-state index is 0.00551. The minimum Gasteiger partial charge on any atom is -0.392 e. The van der Waals surface area contributed by atoms with Gasteiger partial charge in [0.25, 0.3) is 0 Å². The van der Waals surface area contributed by atoms with Crippen LogP contribution in [-0.2, 0) is 0 Å². The van der Waals surface area contributed by atoms with Gasteiger partial charge in [0.1, 0.15) is 0 Å². The zero-order chi connectivity index (χ0) is 15.8. The molecule has 4 atom stereocenters. The Labute approximate surface area is 141 Å². The summed E-state index contributed by atoms with van der Waals surface area (Å²) >= 11 is 17.5. The maximum Gasteiger partial charge on any atom is 0.196 e.